The van der Waals surface area contributed by atoms with Gasteiger partial charge in [-0.25, -0.2) is 4.79 Å². The molecule has 0 spiro atoms. The number of hydrogen-bond donors (Lipinski definition) is 0. The van der Waals surface area contributed by atoms with Crippen LogP contribution in [0, 0.1) is 5.92 Å². The molecular weight excluding hydrogens is 420 g/mol. The Bertz CT molecular complexity index is 994. The Morgan fingerprint density at radius 1 is 1.29 bits per heavy atom. The zero-order valence-electron chi connectivity index (χ0n) is 17.5. The summed E-state index contributed by atoms with van der Waals surface area (Å²) in [6.07, 6.45) is 1.78. The molecule has 166 valence electrons. The average molecular weight is 447 g/mol. The van der Waals surface area contributed by atoms with E-state index in [1.54, 1.807) is 20.8 Å². The summed E-state index contributed by atoms with van der Waals surface area (Å²) in [5, 5.41) is 1.99. The van der Waals surface area contributed by atoms with Gasteiger partial charge in [0.15, 0.2) is 0 Å². The summed E-state index contributed by atoms with van der Waals surface area (Å²) in [5.74, 6) is -0.387. The monoisotopic (exact) mass is 446 g/mol. The van der Waals surface area contributed by atoms with Crippen molar-refractivity contribution in [3.63, 3.8) is 0 Å². The number of rotatable bonds is 6. The highest BCUT2D eigenvalue weighted by Gasteiger charge is 2.31. The minimum Gasteiger partial charge on any atom is -0.492 e. The molecule has 8 nitrogen and oxygen atoms in total. The molecule has 0 aromatic carbocycles. The fraction of sp³-hybridized carbons (Fsp3) is 0.500. The van der Waals surface area contributed by atoms with Gasteiger partial charge in [0.2, 0.25) is 5.91 Å². The first kappa shape index (κ1) is 21.6. The standard InChI is InChI=1S/C22H26N2O6S/c1-28-22(27)20-17-4-7-23(21(26)15-5-10-29-14-15)8-9-24(17)19(25)13-18(20)30-11-6-16-3-2-12-31-16/h2-3,12-13,15H,4-11,14H2,1H3. The number of hydrogen-bond acceptors (Lipinski definition) is 7. The number of esters is 1. The summed E-state index contributed by atoms with van der Waals surface area (Å²) < 4.78 is 17.8. The zero-order chi connectivity index (χ0) is 21.8. The van der Waals surface area contributed by atoms with E-state index in [-0.39, 0.29) is 28.7 Å². The van der Waals surface area contributed by atoms with Crippen molar-refractivity contribution in [1.82, 2.24) is 9.47 Å². The molecule has 1 unspecified atom stereocenters. The first-order chi connectivity index (χ1) is 15.1. The van der Waals surface area contributed by atoms with Gasteiger partial charge >= 0.3 is 5.97 Å². The molecule has 31 heavy (non-hydrogen) atoms. The van der Waals surface area contributed by atoms with Crippen LogP contribution in [0.5, 0.6) is 5.75 Å². The summed E-state index contributed by atoms with van der Waals surface area (Å²) in [6, 6.07) is 5.34. The molecule has 2 aliphatic rings. The zero-order valence-corrected chi connectivity index (χ0v) is 18.3. The number of carbonyl (C=O) groups is 2. The molecule has 1 amide bonds. The predicted octanol–water partition coefficient (Wildman–Crippen LogP) is 1.74. The average Bonchev–Trinajstić information content (AvgIpc) is 3.44. The smallest absolute Gasteiger partial charge is 0.343 e. The highest BCUT2D eigenvalue weighted by Crippen LogP contribution is 2.25. The van der Waals surface area contributed by atoms with Gasteiger partial charge in [-0.2, -0.15) is 0 Å². The molecule has 4 heterocycles. The molecular formula is C22H26N2O6S. The maximum absolute atomic E-state index is 12.8. The lowest BCUT2D eigenvalue weighted by Crippen LogP contribution is -2.38. The molecule has 1 atom stereocenters. The quantitative estimate of drug-likeness (QED) is 0.629. The van der Waals surface area contributed by atoms with E-state index in [0.29, 0.717) is 58.0 Å². The van der Waals surface area contributed by atoms with Crippen LogP contribution < -0.4 is 10.3 Å². The first-order valence-corrected chi connectivity index (χ1v) is 11.3. The second-order valence-corrected chi connectivity index (χ2v) is 8.66. The third-order valence-electron chi connectivity index (χ3n) is 5.76. The number of methoxy groups -OCH3 is 1. The van der Waals surface area contributed by atoms with E-state index in [2.05, 4.69) is 0 Å². The summed E-state index contributed by atoms with van der Waals surface area (Å²) >= 11 is 1.63. The number of amides is 1. The van der Waals surface area contributed by atoms with Crippen LogP contribution >= 0.6 is 11.3 Å². The molecule has 2 aromatic rings. The van der Waals surface area contributed by atoms with Crippen LogP contribution in [0.4, 0.5) is 0 Å². The van der Waals surface area contributed by atoms with Gasteiger partial charge in [0.1, 0.15) is 11.3 Å². The molecule has 2 aromatic heterocycles. The summed E-state index contributed by atoms with van der Waals surface area (Å²) in [7, 11) is 1.31. The maximum Gasteiger partial charge on any atom is 0.343 e. The molecule has 0 radical (unpaired) electrons. The molecule has 4 rings (SSSR count). The van der Waals surface area contributed by atoms with Crippen molar-refractivity contribution in [2.75, 3.05) is 40.0 Å². The van der Waals surface area contributed by atoms with Crippen molar-refractivity contribution in [1.29, 1.82) is 0 Å². The second kappa shape index (κ2) is 9.65. The third-order valence-corrected chi connectivity index (χ3v) is 6.70. The number of aromatic nitrogens is 1. The summed E-state index contributed by atoms with van der Waals surface area (Å²) in [5.41, 5.74) is 0.586. The van der Waals surface area contributed by atoms with Gasteiger partial charge < -0.3 is 23.7 Å². The third kappa shape index (κ3) is 4.67. The van der Waals surface area contributed by atoms with Crippen molar-refractivity contribution in [2.45, 2.75) is 25.8 Å². The van der Waals surface area contributed by atoms with Gasteiger partial charge in [0.25, 0.3) is 5.56 Å². The van der Waals surface area contributed by atoms with Gasteiger partial charge in [-0.15, -0.1) is 11.3 Å². The van der Waals surface area contributed by atoms with E-state index < -0.39 is 5.97 Å². The highest BCUT2D eigenvalue weighted by molar-refractivity contribution is 7.09. The predicted molar refractivity (Wildman–Crippen MR) is 115 cm³/mol. The first-order valence-electron chi connectivity index (χ1n) is 10.4. The van der Waals surface area contributed by atoms with Crippen molar-refractivity contribution in [3.8, 4) is 5.75 Å². The van der Waals surface area contributed by atoms with Crippen LogP contribution in [0.3, 0.4) is 0 Å². The lowest BCUT2D eigenvalue weighted by atomic mass is 10.1. The molecule has 0 aliphatic carbocycles. The molecule has 2 aliphatic heterocycles. The van der Waals surface area contributed by atoms with E-state index in [1.807, 2.05) is 17.5 Å². The molecule has 0 saturated carbocycles. The Kier molecular flexibility index (Phi) is 6.72. The summed E-state index contributed by atoms with van der Waals surface area (Å²) in [6.45, 7) is 2.56. The molecule has 1 fully saturated rings. The molecule has 9 heteroatoms. The van der Waals surface area contributed by atoms with Crippen LogP contribution in [-0.4, -0.2) is 61.4 Å². The minimum absolute atomic E-state index is 0.0467. The molecule has 0 N–H and O–H groups in total. The van der Waals surface area contributed by atoms with Gasteiger partial charge in [0.05, 0.1) is 26.2 Å². The maximum atomic E-state index is 12.8. The number of ether oxygens (including phenoxy) is 3. The van der Waals surface area contributed by atoms with Crippen LogP contribution in [0.1, 0.15) is 27.3 Å². The van der Waals surface area contributed by atoms with E-state index >= 15 is 0 Å². The van der Waals surface area contributed by atoms with Gasteiger partial charge in [-0.1, -0.05) is 6.07 Å². The van der Waals surface area contributed by atoms with E-state index in [1.165, 1.54) is 13.2 Å². The van der Waals surface area contributed by atoms with Gasteiger partial charge in [-0.05, 0) is 17.9 Å². The Morgan fingerprint density at radius 3 is 2.87 bits per heavy atom. The minimum atomic E-state index is -0.543. The largest absolute Gasteiger partial charge is 0.492 e. The normalized spacial score (nSPS) is 18.4. The van der Waals surface area contributed by atoms with Gasteiger partial charge in [0, 0.05) is 55.7 Å². The Morgan fingerprint density at radius 2 is 2.16 bits per heavy atom. The number of thiophene rings is 1. The lowest BCUT2D eigenvalue weighted by molar-refractivity contribution is -0.135. The SMILES string of the molecule is COC(=O)c1c(OCCc2cccs2)cc(=O)n2c1CCN(C(=O)C1CCOC1)CC2. The van der Waals surface area contributed by atoms with Crippen LogP contribution in [0.25, 0.3) is 0 Å². The van der Waals surface area contributed by atoms with Crippen molar-refractivity contribution in [2.24, 2.45) is 5.92 Å². The number of nitrogens with zero attached hydrogens (tertiary/aromatic N) is 2. The number of pyridine rings is 1. The van der Waals surface area contributed by atoms with Crippen LogP contribution in [0.15, 0.2) is 28.4 Å². The van der Waals surface area contributed by atoms with Crippen LogP contribution in [-0.2, 0) is 33.7 Å². The Labute approximate surface area is 184 Å². The molecule has 0 bridgehead atoms. The Hall–Kier alpha value is -2.65. The fourth-order valence-corrected chi connectivity index (χ4v) is 4.80. The van der Waals surface area contributed by atoms with Gasteiger partial charge in [-0.3, -0.25) is 9.59 Å². The van der Waals surface area contributed by atoms with Crippen LogP contribution in [0.2, 0.25) is 0 Å². The highest BCUT2D eigenvalue weighted by atomic mass is 32.1. The topological polar surface area (TPSA) is 87.1 Å². The number of carbonyl (C=O) groups excluding carboxylic acids is 2. The second-order valence-electron chi connectivity index (χ2n) is 7.63. The lowest BCUT2D eigenvalue weighted by Gasteiger charge is -2.22. The summed E-state index contributed by atoms with van der Waals surface area (Å²) in [4.78, 5) is 41.2. The van der Waals surface area contributed by atoms with Crippen molar-refractivity contribution in [3.05, 3.63) is 50.1 Å². The Balaban J connectivity index is 1.57. The van der Waals surface area contributed by atoms with E-state index in [9.17, 15) is 14.4 Å². The van der Waals surface area contributed by atoms with Crippen molar-refractivity contribution < 1.29 is 23.8 Å². The van der Waals surface area contributed by atoms with E-state index in [0.717, 1.165) is 11.3 Å². The molecule has 1 saturated heterocycles. The number of fused-ring (bicyclic) bond motifs is 1. The van der Waals surface area contributed by atoms with E-state index in [4.69, 9.17) is 14.2 Å². The fourth-order valence-electron chi connectivity index (χ4n) is 4.11. The van der Waals surface area contributed by atoms with Crippen molar-refractivity contribution >= 4 is 23.2 Å².